The van der Waals surface area contributed by atoms with Crippen LogP contribution in [0.2, 0.25) is 0 Å². The van der Waals surface area contributed by atoms with Crippen LogP contribution in [0.5, 0.6) is 0 Å². The summed E-state index contributed by atoms with van der Waals surface area (Å²) in [6, 6.07) is 47.0. The highest BCUT2D eigenvalue weighted by Crippen LogP contribution is 2.50. The Labute approximate surface area is 267 Å². The van der Waals surface area contributed by atoms with Gasteiger partial charge < -0.3 is 14.2 Å². The van der Waals surface area contributed by atoms with Crippen LogP contribution in [-0.4, -0.2) is 16.4 Å². The molecule has 0 saturated carbocycles. The highest BCUT2D eigenvalue weighted by atomic mass is 16.5. The van der Waals surface area contributed by atoms with Gasteiger partial charge in [-0.3, -0.25) is 10.8 Å². The monoisotopic (exact) mass is 594 g/mol. The number of nitrogens with one attached hydrogen (secondary N) is 2. The smallest absolute Gasteiger partial charge is 0.221 e. The van der Waals surface area contributed by atoms with E-state index in [1.807, 2.05) is 42.5 Å². The largest absolute Gasteiger partial charge is 0.421 e. The number of para-hydroxylation sites is 2. The molecule has 2 N–H and O–H groups in total. The molecule has 1 aliphatic heterocycles. The number of aryl methyl sites for hydroxylation is 1. The summed E-state index contributed by atoms with van der Waals surface area (Å²) in [5.41, 5.74) is 12.2. The number of ether oxygens (including phenoxy) is 1. The molecule has 0 fully saturated rings. The highest BCUT2D eigenvalue weighted by Gasteiger charge is 2.29. The molecule has 0 spiro atoms. The van der Waals surface area contributed by atoms with Crippen molar-refractivity contribution in [3.05, 3.63) is 168 Å². The van der Waals surface area contributed by atoms with Crippen LogP contribution in [-0.2, 0) is 4.74 Å². The summed E-state index contributed by atoms with van der Waals surface area (Å²) in [7, 11) is 0. The number of aromatic nitrogens is 1. The van der Waals surface area contributed by atoms with Gasteiger partial charge in [0.2, 0.25) is 11.8 Å². The van der Waals surface area contributed by atoms with Crippen LogP contribution in [0.3, 0.4) is 0 Å². The van der Waals surface area contributed by atoms with Crippen LogP contribution >= 0.6 is 0 Å². The van der Waals surface area contributed by atoms with Crippen molar-refractivity contribution in [3.8, 4) is 16.8 Å². The van der Waals surface area contributed by atoms with E-state index in [1.54, 1.807) is 12.1 Å². The summed E-state index contributed by atoms with van der Waals surface area (Å²) in [6.45, 7) is 6.74. The minimum atomic E-state index is -0.0669. The molecule has 0 radical (unpaired) electrons. The second-order valence-electron chi connectivity index (χ2n) is 11.5. The van der Waals surface area contributed by atoms with E-state index in [9.17, 15) is 0 Å². The van der Waals surface area contributed by atoms with Crippen molar-refractivity contribution in [2.45, 2.75) is 6.92 Å². The first-order valence-corrected chi connectivity index (χ1v) is 15.2. The van der Waals surface area contributed by atoms with Gasteiger partial charge in [0, 0.05) is 50.1 Å². The number of hydrogen-bond acceptors (Lipinski definition) is 4. The van der Waals surface area contributed by atoms with E-state index >= 15 is 0 Å². The minimum Gasteiger partial charge on any atom is -0.421 e. The number of benzene rings is 6. The standard InChI is InChI=1S/C41H30N4O/c1-26-12-6-10-18-36(26)44-27(2)31-15-7-8-16-32(31)34-24-35-33-17-9-11-19-37(33)45(39(35)25-38(34)44)30-22-20-29(21-23-30)41(43)46-40(42)28-13-4-3-5-14-28/h3-25,42-43H,2H2,1H3. The first-order chi connectivity index (χ1) is 22.5. The van der Waals surface area contributed by atoms with Crippen LogP contribution < -0.4 is 4.90 Å². The van der Waals surface area contributed by atoms with Gasteiger partial charge in [0.05, 0.1) is 16.7 Å². The Morgan fingerprint density at radius 3 is 1.96 bits per heavy atom. The first-order valence-electron chi connectivity index (χ1n) is 15.2. The van der Waals surface area contributed by atoms with Gasteiger partial charge in [0.25, 0.3) is 0 Å². The quantitative estimate of drug-likeness (QED) is 0.157. The molecule has 1 aliphatic rings. The summed E-state index contributed by atoms with van der Waals surface area (Å²) in [4.78, 5) is 2.29. The Bertz CT molecular complexity index is 2350. The molecule has 6 aromatic carbocycles. The van der Waals surface area contributed by atoms with E-state index < -0.39 is 0 Å². The third-order valence-corrected chi connectivity index (χ3v) is 8.81. The zero-order valence-corrected chi connectivity index (χ0v) is 25.3. The lowest BCUT2D eigenvalue weighted by Gasteiger charge is -2.35. The van der Waals surface area contributed by atoms with Crippen molar-refractivity contribution in [3.63, 3.8) is 0 Å². The van der Waals surface area contributed by atoms with E-state index in [4.69, 9.17) is 15.6 Å². The lowest BCUT2D eigenvalue weighted by Crippen LogP contribution is -2.20. The van der Waals surface area contributed by atoms with Crippen molar-refractivity contribution in [2.24, 2.45) is 0 Å². The number of anilines is 2. The lowest BCUT2D eigenvalue weighted by molar-refractivity contribution is 0.538. The molecule has 5 heteroatoms. The Morgan fingerprint density at radius 2 is 1.20 bits per heavy atom. The third-order valence-electron chi connectivity index (χ3n) is 8.81. The average molecular weight is 595 g/mol. The predicted molar refractivity (Wildman–Crippen MR) is 190 cm³/mol. The van der Waals surface area contributed by atoms with Crippen molar-refractivity contribution < 1.29 is 4.74 Å². The van der Waals surface area contributed by atoms with Gasteiger partial charge in [0.1, 0.15) is 0 Å². The summed E-state index contributed by atoms with van der Waals surface area (Å²) in [5, 5.41) is 19.2. The molecule has 8 rings (SSSR count). The summed E-state index contributed by atoms with van der Waals surface area (Å²) < 4.78 is 7.89. The summed E-state index contributed by atoms with van der Waals surface area (Å²) in [6.07, 6.45) is 0. The van der Waals surface area contributed by atoms with Crippen molar-refractivity contribution in [1.82, 2.24) is 4.57 Å². The molecule has 5 nitrogen and oxygen atoms in total. The third kappa shape index (κ3) is 4.32. The maximum absolute atomic E-state index is 8.54. The van der Waals surface area contributed by atoms with Crippen molar-refractivity contribution >= 4 is 50.7 Å². The molecule has 1 aromatic heterocycles. The second-order valence-corrected chi connectivity index (χ2v) is 11.5. The molecule has 0 amide bonds. The predicted octanol–water partition coefficient (Wildman–Crippen LogP) is 10.2. The lowest BCUT2D eigenvalue weighted by atomic mass is 9.89. The molecule has 46 heavy (non-hydrogen) atoms. The molecule has 0 unspecified atom stereocenters. The van der Waals surface area contributed by atoms with Crippen LogP contribution in [0.25, 0.3) is 44.3 Å². The zero-order valence-electron chi connectivity index (χ0n) is 25.3. The Hall–Kier alpha value is -6.20. The highest BCUT2D eigenvalue weighted by molar-refractivity contribution is 6.15. The minimum absolute atomic E-state index is 0.0526. The molecule has 0 bridgehead atoms. The fourth-order valence-corrected chi connectivity index (χ4v) is 6.58. The maximum Gasteiger partial charge on any atom is 0.221 e. The van der Waals surface area contributed by atoms with Gasteiger partial charge >= 0.3 is 0 Å². The van der Waals surface area contributed by atoms with Crippen molar-refractivity contribution in [1.29, 1.82) is 10.8 Å². The average Bonchev–Trinajstić information content (AvgIpc) is 3.42. The number of fused-ring (bicyclic) bond motifs is 6. The number of nitrogens with zero attached hydrogens (tertiary/aromatic N) is 2. The fourth-order valence-electron chi connectivity index (χ4n) is 6.58. The van der Waals surface area contributed by atoms with E-state index in [0.29, 0.717) is 11.1 Å². The van der Waals surface area contributed by atoms with Crippen LogP contribution in [0, 0.1) is 17.7 Å². The molecule has 0 atom stereocenters. The SMILES string of the molecule is C=C1c2ccccc2-c2cc3c4ccccc4n(-c4ccc(C(=N)OC(=N)c5ccccc5)cc4)c3cc2N1c1ccccc1C. The van der Waals surface area contributed by atoms with Gasteiger partial charge in [-0.15, -0.1) is 0 Å². The Morgan fingerprint density at radius 1 is 0.565 bits per heavy atom. The molecule has 220 valence electrons. The van der Waals surface area contributed by atoms with Gasteiger partial charge in [-0.2, -0.15) is 0 Å². The van der Waals surface area contributed by atoms with Gasteiger partial charge in [-0.1, -0.05) is 85.4 Å². The second kappa shape index (κ2) is 10.8. The topological polar surface area (TPSA) is 65.1 Å². The molecule has 0 aliphatic carbocycles. The van der Waals surface area contributed by atoms with E-state index in [2.05, 4.69) is 108 Å². The molecular weight excluding hydrogens is 564 g/mol. The summed E-state index contributed by atoms with van der Waals surface area (Å²) in [5.74, 6) is -0.119. The van der Waals surface area contributed by atoms with Gasteiger partial charge in [0.15, 0.2) is 0 Å². The molecule has 0 saturated heterocycles. The van der Waals surface area contributed by atoms with Crippen LogP contribution in [0.15, 0.2) is 146 Å². The van der Waals surface area contributed by atoms with Gasteiger partial charge in [-0.05, 0) is 78.7 Å². The fraction of sp³-hybridized carbons (Fsp3) is 0.0244. The molecular formula is C41H30N4O. The Balaban J connectivity index is 1.28. The number of hydrogen-bond donors (Lipinski definition) is 2. The van der Waals surface area contributed by atoms with Gasteiger partial charge in [-0.25, -0.2) is 0 Å². The van der Waals surface area contributed by atoms with Crippen LogP contribution in [0.1, 0.15) is 22.3 Å². The number of rotatable bonds is 4. The molecule has 7 aromatic rings. The van der Waals surface area contributed by atoms with Crippen molar-refractivity contribution in [2.75, 3.05) is 4.90 Å². The van der Waals surface area contributed by atoms with E-state index in [-0.39, 0.29) is 11.8 Å². The first kappa shape index (κ1) is 27.4. The Kier molecular flexibility index (Phi) is 6.40. The molecule has 2 heterocycles. The normalized spacial score (nSPS) is 12.2. The van der Waals surface area contributed by atoms with E-state index in [0.717, 1.165) is 44.7 Å². The maximum atomic E-state index is 8.54. The summed E-state index contributed by atoms with van der Waals surface area (Å²) >= 11 is 0. The zero-order chi connectivity index (χ0) is 31.4. The van der Waals surface area contributed by atoms with Crippen LogP contribution in [0.4, 0.5) is 11.4 Å². The van der Waals surface area contributed by atoms with E-state index in [1.165, 1.54) is 22.1 Å².